The predicted molar refractivity (Wildman–Crippen MR) is 72.1 cm³/mol. The van der Waals surface area contributed by atoms with Crippen molar-refractivity contribution in [2.45, 2.75) is 25.4 Å². The average Bonchev–Trinajstić information content (AvgIpc) is 2.36. The zero-order chi connectivity index (χ0) is 13.2. The Bertz CT molecular complexity index is 378. The lowest BCUT2D eigenvalue weighted by Gasteiger charge is -2.47. The smallest absolute Gasteiger partial charge is 0.115 e. The van der Waals surface area contributed by atoms with Crippen molar-refractivity contribution in [2.24, 2.45) is 5.73 Å². The van der Waals surface area contributed by atoms with Crippen molar-refractivity contribution in [1.82, 2.24) is 19.8 Å². The van der Waals surface area contributed by atoms with Gasteiger partial charge in [-0.2, -0.15) is 0 Å². The third kappa shape index (κ3) is 2.68. The van der Waals surface area contributed by atoms with Crippen molar-refractivity contribution >= 4 is 0 Å². The Balaban J connectivity index is 2.15. The molecule has 0 aliphatic carbocycles. The first-order chi connectivity index (χ1) is 8.54. The Morgan fingerprint density at radius 2 is 2.22 bits per heavy atom. The summed E-state index contributed by atoms with van der Waals surface area (Å²) >= 11 is 0. The third-order valence-electron chi connectivity index (χ3n) is 3.96. The molecule has 1 unspecified atom stereocenters. The topological polar surface area (TPSA) is 58.3 Å². The summed E-state index contributed by atoms with van der Waals surface area (Å²) in [6, 6.07) is 2.16. The van der Waals surface area contributed by atoms with Crippen LogP contribution in [0.4, 0.5) is 0 Å². The maximum absolute atomic E-state index is 5.94. The highest BCUT2D eigenvalue weighted by atomic mass is 15.3. The Morgan fingerprint density at radius 3 is 2.78 bits per heavy atom. The van der Waals surface area contributed by atoms with Crippen LogP contribution < -0.4 is 5.73 Å². The molecular formula is C13H23N5. The van der Waals surface area contributed by atoms with Crippen molar-refractivity contribution < 1.29 is 0 Å². The van der Waals surface area contributed by atoms with Gasteiger partial charge in [0.2, 0.25) is 0 Å². The maximum Gasteiger partial charge on any atom is 0.115 e. The Morgan fingerprint density at radius 1 is 1.44 bits per heavy atom. The number of likely N-dealkylation sites (N-methyl/N-ethyl adjacent to an activating group) is 1. The highest BCUT2D eigenvalue weighted by Crippen LogP contribution is 2.25. The molecule has 100 valence electrons. The summed E-state index contributed by atoms with van der Waals surface area (Å²) in [5, 5.41) is 0. The van der Waals surface area contributed by atoms with E-state index in [1.807, 2.05) is 6.07 Å². The van der Waals surface area contributed by atoms with E-state index in [4.69, 9.17) is 5.73 Å². The van der Waals surface area contributed by atoms with E-state index < -0.39 is 0 Å². The number of nitrogens with two attached hydrogens (primary N) is 1. The van der Waals surface area contributed by atoms with Gasteiger partial charge >= 0.3 is 0 Å². The van der Waals surface area contributed by atoms with Crippen molar-refractivity contribution in [3.8, 4) is 0 Å². The van der Waals surface area contributed by atoms with Gasteiger partial charge in [-0.15, -0.1) is 0 Å². The van der Waals surface area contributed by atoms with Crippen LogP contribution in [0.3, 0.4) is 0 Å². The highest BCUT2D eigenvalue weighted by Gasteiger charge is 2.34. The van der Waals surface area contributed by atoms with Gasteiger partial charge in [-0.3, -0.25) is 9.80 Å². The van der Waals surface area contributed by atoms with E-state index >= 15 is 0 Å². The largest absolute Gasteiger partial charge is 0.329 e. The number of hydrogen-bond acceptors (Lipinski definition) is 5. The number of hydrogen-bond donors (Lipinski definition) is 1. The van der Waals surface area contributed by atoms with Crippen LogP contribution in [0.1, 0.15) is 25.6 Å². The second-order valence-corrected chi connectivity index (χ2v) is 5.59. The predicted octanol–water partition coefficient (Wildman–Crippen LogP) is 0.502. The van der Waals surface area contributed by atoms with Crippen molar-refractivity contribution in [1.29, 1.82) is 0 Å². The summed E-state index contributed by atoms with van der Waals surface area (Å²) in [5.74, 6) is 0. The summed E-state index contributed by atoms with van der Waals surface area (Å²) < 4.78 is 0. The molecular weight excluding hydrogens is 226 g/mol. The van der Waals surface area contributed by atoms with E-state index in [2.05, 4.69) is 40.7 Å². The van der Waals surface area contributed by atoms with Gasteiger partial charge in [-0.1, -0.05) is 0 Å². The Kier molecular flexibility index (Phi) is 3.94. The zero-order valence-electron chi connectivity index (χ0n) is 11.5. The van der Waals surface area contributed by atoms with Gasteiger partial charge in [0.25, 0.3) is 0 Å². The molecule has 0 saturated carbocycles. The minimum Gasteiger partial charge on any atom is -0.329 e. The standard InChI is InChI=1S/C13H23N5/c1-13(2)9-18(7-6-17(13)3)12(8-14)11-4-5-15-10-16-11/h4-5,10,12H,6-9,14H2,1-3H3. The lowest BCUT2D eigenvalue weighted by Crippen LogP contribution is -2.58. The molecule has 1 aliphatic rings. The molecule has 2 heterocycles. The lowest BCUT2D eigenvalue weighted by molar-refractivity contribution is 0.0171. The highest BCUT2D eigenvalue weighted by molar-refractivity contribution is 5.07. The van der Waals surface area contributed by atoms with E-state index in [9.17, 15) is 0 Å². The minimum absolute atomic E-state index is 0.179. The van der Waals surface area contributed by atoms with Gasteiger partial charge in [0.05, 0.1) is 11.7 Å². The fraction of sp³-hybridized carbons (Fsp3) is 0.692. The first kappa shape index (κ1) is 13.4. The van der Waals surface area contributed by atoms with Gasteiger partial charge < -0.3 is 5.73 Å². The van der Waals surface area contributed by atoms with Gasteiger partial charge in [0.15, 0.2) is 0 Å². The van der Waals surface area contributed by atoms with Crippen molar-refractivity contribution in [3.63, 3.8) is 0 Å². The van der Waals surface area contributed by atoms with Crippen LogP contribution >= 0.6 is 0 Å². The quantitative estimate of drug-likeness (QED) is 0.845. The molecule has 0 amide bonds. The van der Waals surface area contributed by atoms with Crippen LogP contribution in [0.25, 0.3) is 0 Å². The molecule has 18 heavy (non-hydrogen) atoms. The summed E-state index contributed by atoms with van der Waals surface area (Å²) in [7, 11) is 2.18. The van der Waals surface area contributed by atoms with E-state index in [-0.39, 0.29) is 11.6 Å². The average molecular weight is 249 g/mol. The first-order valence-electron chi connectivity index (χ1n) is 6.46. The number of piperazine rings is 1. The normalized spacial score (nSPS) is 22.9. The minimum atomic E-state index is 0.179. The molecule has 2 rings (SSSR count). The molecule has 1 saturated heterocycles. The maximum atomic E-state index is 5.94. The number of rotatable bonds is 3. The summed E-state index contributed by atoms with van der Waals surface area (Å²) in [4.78, 5) is 13.1. The molecule has 2 N–H and O–H groups in total. The van der Waals surface area contributed by atoms with Crippen LogP contribution in [0.5, 0.6) is 0 Å². The Hall–Kier alpha value is -1.04. The molecule has 0 aromatic carbocycles. The molecule has 1 aromatic rings. The number of nitrogens with zero attached hydrogens (tertiary/aromatic N) is 4. The van der Waals surface area contributed by atoms with E-state index in [0.29, 0.717) is 6.54 Å². The molecule has 1 fully saturated rings. The van der Waals surface area contributed by atoms with Crippen LogP contribution in [-0.2, 0) is 0 Å². The van der Waals surface area contributed by atoms with Gasteiger partial charge in [0.1, 0.15) is 6.33 Å². The second-order valence-electron chi connectivity index (χ2n) is 5.59. The van der Waals surface area contributed by atoms with E-state index in [0.717, 1.165) is 25.3 Å². The molecule has 5 heteroatoms. The first-order valence-corrected chi connectivity index (χ1v) is 6.46. The van der Waals surface area contributed by atoms with Gasteiger partial charge in [-0.05, 0) is 27.0 Å². The Labute approximate surface area is 109 Å². The number of aromatic nitrogens is 2. The molecule has 5 nitrogen and oxygen atoms in total. The van der Waals surface area contributed by atoms with Gasteiger partial charge in [0, 0.05) is 37.9 Å². The molecule has 1 aliphatic heterocycles. The monoisotopic (exact) mass is 249 g/mol. The van der Waals surface area contributed by atoms with Crippen LogP contribution in [0, 0.1) is 0 Å². The van der Waals surface area contributed by atoms with Crippen LogP contribution in [0.15, 0.2) is 18.6 Å². The van der Waals surface area contributed by atoms with Gasteiger partial charge in [-0.25, -0.2) is 9.97 Å². The molecule has 1 atom stereocenters. The second kappa shape index (κ2) is 5.30. The summed E-state index contributed by atoms with van der Waals surface area (Å²) in [6.45, 7) is 8.24. The molecule has 1 aromatic heterocycles. The van der Waals surface area contributed by atoms with Crippen LogP contribution in [-0.4, -0.2) is 58.5 Å². The zero-order valence-corrected chi connectivity index (χ0v) is 11.5. The third-order valence-corrected chi connectivity index (χ3v) is 3.96. The van der Waals surface area contributed by atoms with E-state index in [1.165, 1.54) is 0 Å². The molecule has 0 bridgehead atoms. The van der Waals surface area contributed by atoms with E-state index in [1.54, 1.807) is 12.5 Å². The van der Waals surface area contributed by atoms with Crippen molar-refractivity contribution in [3.05, 3.63) is 24.3 Å². The molecule has 0 spiro atoms. The molecule has 0 radical (unpaired) electrons. The fourth-order valence-electron chi connectivity index (χ4n) is 2.50. The van der Waals surface area contributed by atoms with Crippen molar-refractivity contribution in [2.75, 3.05) is 33.2 Å². The summed E-state index contributed by atoms with van der Waals surface area (Å²) in [6.07, 6.45) is 3.38. The van der Waals surface area contributed by atoms with Crippen LogP contribution in [0.2, 0.25) is 0 Å². The SMILES string of the molecule is CN1CCN(C(CN)c2ccncn2)CC1(C)C. The lowest BCUT2D eigenvalue weighted by atomic mass is 9.97. The fourth-order valence-corrected chi connectivity index (χ4v) is 2.50. The summed E-state index contributed by atoms with van der Waals surface area (Å²) in [5.41, 5.74) is 7.14.